The summed E-state index contributed by atoms with van der Waals surface area (Å²) in [5, 5.41) is 0. The second-order valence-corrected chi connectivity index (χ2v) is 9.47. The molecule has 15 heteroatoms. The minimum atomic E-state index is 0.0798. The van der Waals surface area contributed by atoms with Crippen LogP contribution in [0.15, 0.2) is 0 Å². The van der Waals surface area contributed by atoms with Crippen LogP contribution in [-0.2, 0) is 71.1 Å². The zero-order valence-corrected chi connectivity index (χ0v) is 27.7. The van der Waals surface area contributed by atoms with E-state index < -0.39 is 0 Å². The molecule has 2 unspecified atom stereocenters. The normalized spacial score (nSPS) is 16.1. The highest BCUT2D eigenvalue weighted by Gasteiger charge is 2.38. The van der Waals surface area contributed by atoms with Crippen LogP contribution < -0.4 is 0 Å². The minimum Gasteiger partial charge on any atom is -0.382 e. The van der Waals surface area contributed by atoms with Crippen LogP contribution in [0.25, 0.3) is 0 Å². The molecule has 0 aromatic heterocycles. The number of epoxide rings is 1. The van der Waals surface area contributed by atoms with Crippen molar-refractivity contribution in [3.05, 3.63) is 0 Å². The zero-order valence-electron chi connectivity index (χ0n) is 27.7. The van der Waals surface area contributed by atoms with E-state index in [9.17, 15) is 0 Å². The zero-order chi connectivity index (χ0) is 32.1. The van der Waals surface area contributed by atoms with Gasteiger partial charge in [-0.3, -0.25) is 0 Å². The highest BCUT2D eigenvalue weighted by molar-refractivity contribution is 4.84. The molecule has 0 spiro atoms. The van der Waals surface area contributed by atoms with Crippen LogP contribution in [-0.4, -0.2) is 198 Å². The quantitative estimate of drug-likeness (QED) is 0.0654. The molecule has 0 amide bonds. The van der Waals surface area contributed by atoms with E-state index in [0.717, 1.165) is 0 Å². The topological polar surface area (TPSA) is 142 Å². The Balaban J connectivity index is 1.65. The monoisotopic (exact) mass is 660 g/mol. The molecule has 45 heavy (non-hydrogen) atoms. The Morgan fingerprint density at radius 2 is 0.444 bits per heavy atom. The Morgan fingerprint density at radius 3 is 0.644 bits per heavy atom. The summed E-state index contributed by atoms with van der Waals surface area (Å²) in [6.45, 7) is 13.9. The summed E-state index contributed by atoms with van der Waals surface area (Å²) < 4.78 is 80.8. The summed E-state index contributed by atoms with van der Waals surface area (Å²) in [7, 11) is 3.29. The Bertz CT molecular complexity index is 517. The van der Waals surface area contributed by atoms with Crippen molar-refractivity contribution in [3.63, 3.8) is 0 Å². The second kappa shape index (κ2) is 36.2. The van der Waals surface area contributed by atoms with Crippen molar-refractivity contribution < 1.29 is 71.1 Å². The van der Waals surface area contributed by atoms with Crippen LogP contribution in [0.1, 0.15) is 0 Å². The standard InChI is InChI=1S/C30H60O15/c1-31-3-5-33-7-9-35-11-13-37-15-17-39-19-21-41-23-25-43-27-29-30(45-29)28-44-26-24-42-22-20-40-18-16-38-14-12-36-10-8-34-6-4-32-2/h29-30H,3-28H2,1-2H3. The predicted octanol–water partition coefficient (Wildman–Crippen LogP) is 0.246. The minimum absolute atomic E-state index is 0.0798. The van der Waals surface area contributed by atoms with Crippen molar-refractivity contribution in [3.8, 4) is 0 Å². The molecule has 1 saturated heterocycles. The Morgan fingerprint density at radius 1 is 0.267 bits per heavy atom. The first-order valence-electron chi connectivity index (χ1n) is 15.9. The molecular weight excluding hydrogens is 600 g/mol. The van der Waals surface area contributed by atoms with Crippen molar-refractivity contribution in [1.29, 1.82) is 0 Å². The molecule has 0 radical (unpaired) electrons. The van der Waals surface area contributed by atoms with E-state index in [1.165, 1.54) is 0 Å². The van der Waals surface area contributed by atoms with Gasteiger partial charge in [-0.1, -0.05) is 0 Å². The average molecular weight is 661 g/mol. The van der Waals surface area contributed by atoms with Crippen LogP contribution in [0, 0.1) is 0 Å². The summed E-state index contributed by atoms with van der Waals surface area (Å²) in [5.41, 5.74) is 0. The van der Waals surface area contributed by atoms with E-state index in [1.807, 2.05) is 0 Å². The molecule has 0 saturated carbocycles. The van der Waals surface area contributed by atoms with E-state index >= 15 is 0 Å². The lowest BCUT2D eigenvalue weighted by Crippen LogP contribution is -2.16. The lowest BCUT2D eigenvalue weighted by atomic mass is 10.3. The molecule has 0 bridgehead atoms. The molecule has 1 aliphatic rings. The first kappa shape index (κ1) is 42.4. The smallest absolute Gasteiger partial charge is 0.110 e. The van der Waals surface area contributed by atoms with Crippen molar-refractivity contribution in [2.75, 3.05) is 186 Å². The van der Waals surface area contributed by atoms with Gasteiger partial charge in [0.15, 0.2) is 0 Å². The molecule has 2 atom stereocenters. The summed E-state index contributed by atoms with van der Waals surface area (Å²) in [6.07, 6.45) is 0.160. The third kappa shape index (κ3) is 33.1. The maximum absolute atomic E-state index is 5.60. The summed E-state index contributed by atoms with van der Waals surface area (Å²) in [6, 6.07) is 0. The highest BCUT2D eigenvalue weighted by atomic mass is 16.6. The van der Waals surface area contributed by atoms with Crippen molar-refractivity contribution in [2.45, 2.75) is 12.2 Å². The van der Waals surface area contributed by atoms with E-state index in [-0.39, 0.29) is 12.2 Å². The highest BCUT2D eigenvalue weighted by Crippen LogP contribution is 2.22. The van der Waals surface area contributed by atoms with Gasteiger partial charge in [-0.05, 0) is 0 Å². The third-order valence-electron chi connectivity index (χ3n) is 5.84. The summed E-state index contributed by atoms with van der Waals surface area (Å²) >= 11 is 0. The van der Waals surface area contributed by atoms with Crippen LogP contribution in [0.5, 0.6) is 0 Å². The molecule has 1 heterocycles. The summed E-state index contributed by atoms with van der Waals surface area (Å²) in [5.74, 6) is 0. The molecule has 0 aromatic rings. The predicted molar refractivity (Wildman–Crippen MR) is 162 cm³/mol. The molecule has 270 valence electrons. The molecule has 0 N–H and O–H groups in total. The Kier molecular flexibility index (Phi) is 34.2. The average Bonchev–Trinajstić information content (AvgIpc) is 3.81. The number of methoxy groups -OCH3 is 2. The lowest BCUT2D eigenvalue weighted by Gasteiger charge is -2.08. The largest absolute Gasteiger partial charge is 0.382 e. The van der Waals surface area contributed by atoms with E-state index in [1.54, 1.807) is 14.2 Å². The fraction of sp³-hybridized carbons (Fsp3) is 1.00. The maximum Gasteiger partial charge on any atom is 0.110 e. The van der Waals surface area contributed by atoms with Gasteiger partial charge in [-0.2, -0.15) is 0 Å². The molecular formula is C30H60O15. The third-order valence-corrected chi connectivity index (χ3v) is 5.84. The van der Waals surface area contributed by atoms with Crippen molar-refractivity contribution >= 4 is 0 Å². The number of hydrogen-bond acceptors (Lipinski definition) is 15. The Labute approximate surface area is 269 Å². The van der Waals surface area contributed by atoms with Crippen molar-refractivity contribution in [2.24, 2.45) is 0 Å². The summed E-state index contributed by atoms with van der Waals surface area (Å²) in [4.78, 5) is 0. The fourth-order valence-electron chi connectivity index (χ4n) is 3.35. The van der Waals surface area contributed by atoms with E-state index in [2.05, 4.69) is 0 Å². The second-order valence-electron chi connectivity index (χ2n) is 9.47. The van der Waals surface area contributed by atoms with Gasteiger partial charge in [0, 0.05) is 14.2 Å². The van der Waals surface area contributed by atoms with Crippen molar-refractivity contribution in [1.82, 2.24) is 0 Å². The molecule has 0 aromatic carbocycles. The lowest BCUT2D eigenvalue weighted by molar-refractivity contribution is -0.0197. The van der Waals surface area contributed by atoms with Gasteiger partial charge in [0.2, 0.25) is 0 Å². The number of rotatable bonds is 40. The van der Waals surface area contributed by atoms with Gasteiger partial charge in [0.1, 0.15) is 12.2 Å². The van der Waals surface area contributed by atoms with Crippen LogP contribution in [0.2, 0.25) is 0 Å². The van der Waals surface area contributed by atoms with Crippen LogP contribution in [0.4, 0.5) is 0 Å². The SMILES string of the molecule is COCCOCCOCCOCCOCCOCCOCC1OC1COCCOCCOCCOCCOCCOCCOC. The van der Waals surface area contributed by atoms with Gasteiger partial charge < -0.3 is 71.1 Å². The first-order valence-corrected chi connectivity index (χ1v) is 15.9. The maximum atomic E-state index is 5.60. The van der Waals surface area contributed by atoms with Gasteiger partial charge in [-0.15, -0.1) is 0 Å². The van der Waals surface area contributed by atoms with Gasteiger partial charge in [0.25, 0.3) is 0 Å². The van der Waals surface area contributed by atoms with E-state index in [4.69, 9.17) is 71.1 Å². The van der Waals surface area contributed by atoms with Crippen LogP contribution >= 0.6 is 0 Å². The van der Waals surface area contributed by atoms with Gasteiger partial charge in [-0.25, -0.2) is 0 Å². The molecule has 15 nitrogen and oxygen atoms in total. The Hall–Kier alpha value is -0.600. The van der Waals surface area contributed by atoms with Gasteiger partial charge >= 0.3 is 0 Å². The molecule has 1 rings (SSSR count). The fourth-order valence-corrected chi connectivity index (χ4v) is 3.35. The molecule has 0 aliphatic carbocycles. The van der Waals surface area contributed by atoms with Crippen LogP contribution in [0.3, 0.4) is 0 Å². The molecule has 1 aliphatic heterocycles. The number of ether oxygens (including phenoxy) is 15. The number of hydrogen-bond donors (Lipinski definition) is 0. The first-order chi connectivity index (χ1) is 22.4. The van der Waals surface area contributed by atoms with E-state index in [0.29, 0.717) is 172 Å². The van der Waals surface area contributed by atoms with Gasteiger partial charge in [0.05, 0.1) is 172 Å². The molecule has 1 fully saturated rings.